The lowest BCUT2D eigenvalue weighted by molar-refractivity contribution is -0.141. The first-order chi connectivity index (χ1) is 41.5. The number of Topliss-reactive ketones (excluding diaryl/α,β-unsaturated/α-hetero) is 1. The van der Waals surface area contributed by atoms with Gasteiger partial charge in [0.15, 0.2) is 33.3 Å². The van der Waals surface area contributed by atoms with Crippen molar-refractivity contribution in [3.8, 4) is 0 Å². The Balaban J connectivity index is -0.0000000746. The SMILES string of the molecule is C.C.C.C.C.C.C.C.C.C.C.C.C.C.C.C.C.CCCCCCCCCC(C(=O)OC)[Si](C)(O[Si](C)(C)O[Si](C)(C)C)O[Si](C)(CCCOCCCCC)O[Si](C)(C)O[Si](C)(C)C.CCCCCCCCCC(C(C)=O)[Si](C)(O[Si](C)(C)O[Si](C)(C)C)O[Si](C)(CCCOCCCCC)O[Si](C)(C)O[Si](C)(C)C. The van der Waals surface area contributed by atoms with E-state index in [1.54, 1.807) is 6.92 Å². The fraction of sp³-hybridized carbons (Fsp3) is 0.975. The third kappa shape index (κ3) is 82.4. The maximum absolute atomic E-state index is 13.7. The molecule has 0 bridgehead atoms. The molecule has 0 aromatic carbocycles. The van der Waals surface area contributed by atoms with Crippen molar-refractivity contribution < 1.29 is 65.0 Å². The highest BCUT2D eigenvalue weighted by molar-refractivity contribution is 6.94. The Hall–Kier alpha value is 1.26. The molecule has 6 atom stereocenters. The Morgan fingerprint density at radius 3 is 0.713 bits per heavy atom. The van der Waals surface area contributed by atoms with Gasteiger partial charge in [-0.05, 0) is 215 Å². The molecule has 108 heavy (non-hydrogen) atoms. The number of ether oxygens (including phenoxy) is 3. The summed E-state index contributed by atoms with van der Waals surface area (Å²) in [6.07, 6.45) is 26.7. The van der Waals surface area contributed by atoms with Gasteiger partial charge in [0.05, 0.1) is 18.2 Å². The Morgan fingerprint density at radius 2 is 0.472 bits per heavy atom. The third-order valence-electron chi connectivity index (χ3n) is 14.9. The molecule has 0 heterocycles. The molecule has 15 nitrogen and oxygen atoms in total. The van der Waals surface area contributed by atoms with E-state index in [2.05, 4.69) is 185 Å². The second-order valence-electron chi connectivity index (χ2n) is 32.3. The maximum Gasteiger partial charge on any atom is 0.331 e. The van der Waals surface area contributed by atoms with E-state index in [9.17, 15) is 9.59 Å². The summed E-state index contributed by atoms with van der Waals surface area (Å²) >= 11 is 0. The van der Waals surface area contributed by atoms with Crippen molar-refractivity contribution in [2.24, 2.45) is 0 Å². The van der Waals surface area contributed by atoms with Crippen molar-refractivity contribution in [1.82, 2.24) is 0 Å². The lowest BCUT2D eigenvalue weighted by Crippen LogP contribution is -2.64. The van der Waals surface area contributed by atoms with Gasteiger partial charge >= 0.3 is 74.5 Å². The number of esters is 1. The van der Waals surface area contributed by atoms with Gasteiger partial charge in [-0.2, -0.15) is 0 Å². The van der Waals surface area contributed by atoms with Crippen LogP contribution in [0.15, 0.2) is 0 Å². The summed E-state index contributed by atoms with van der Waals surface area (Å²) in [4.78, 5) is 27.2. The zero-order chi connectivity index (χ0) is 70.7. The van der Waals surface area contributed by atoms with Crippen molar-refractivity contribution in [1.29, 1.82) is 0 Å². The molecular formula is C81H220O15Si12. The zero-order valence-corrected chi connectivity index (χ0v) is 77.5. The van der Waals surface area contributed by atoms with Crippen LogP contribution in [0.3, 0.4) is 0 Å². The highest BCUT2D eigenvalue weighted by Gasteiger charge is 2.58. The van der Waals surface area contributed by atoms with Crippen LogP contribution in [0, 0.1) is 0 Å². The fourth-order valence-corrected chi connectivity index (χ4v) is 71.9. The quantitative estimate of drug-likeness (QED) is 0.0322. The second kappa shape index (κ2) is 75.7. The molecule has 0 aliphatic rings. The van der Waals surface area contributed by atoms with Gasteiger partial charge in [0.25, 0.3) is 0 Å². The summed E-state index contributed by atoms with van der Waals surface area (Å²) < 4.78 is 87.6. The Kier molecular flexibility index (Phi) is 110. The van der Waals surface area contributed by atoms with Gasteiger partial charge < -0.3 is 55.4 Å². The van der Waals surface area contributed by atoms with Crippen molar-refractivity contribution in [3.05, 3.63) is 0 Å². The molecule has 27 heteroatoms. The van der Waals surface area contributed by atoms with Crippen LogP contribution in [0.5, 0.6) is 0 Å². The van der Waals surface area contributed by atoms with Crippen LogP contribution in [-0.2, 0) is 65.0 Å². The van der Waals surface area contributed by atoms with Crippen molar-refractivity contribution in [3.63, 3.8) is 0 Å². The zero-order valence-electron chi connectivity index (χ0n) is 65.5. The molecule has 0 aromatic rings. The predicted octanol–water partition coefficient (Wildman–Crippen LogP) is 32.4. The van der Waals surface area contributed by atoms with Crippen LogP contribution < -0.4 is 0 Å². The minimum Gasteiger partial charge on any atom is -0.469 e. The molecule has 682 valence electrons. The Bertz CT molecular complexity index is 1930. The molecule has 0 spiro atoms. The Morgan fingerprint density at radius 1 is 0.259 bits per heavy atom. The first kappa shape index (κ1) is 157. The van der Waals surface area contributed by atoms with Gasteiger partial charge in [0, 0.05) is 26.4 Å². The van der Waals surface area contributed by atoms with Crippen LogP contribution in [0.4, 0.5) is 0 Å². The van der Waals surface area contributed by atoms with Gasteiger partial charge in [0.1, 0.15) is 5.78 Å². The minimum absolute atomic E-state index is 0. The summed E-state index contributed by atoms with van der Waals surface area (Å²) in [6.45, 7) is 65.5. The van der Waals surface area contributed by atoms with E-state index in [-0.39, 0.29) is 144 Å². The molecule has 6 unspecified atom stereocenters. The topological polar surface area (TPSA) is 154 Å². The summed E-state index contributed by atoms with van der Waals surface area (Å²) in [5.41, 5.74) is -0.748. The van der Waals surface area contributed by atoms with E-state index in [4.69, 9.17) is 55.4 Å². The van der Waals surface area contributed by atoms with Gasteiger partial charge in [-0.3, -0.25) is 9.59 Å². The number of carbonyl (C=O) groups is 2. The number of hydrogen-bond acceptors (Lipinski definition) is 15. The van der Waals surface area contributed by atoms with Crippen LogP contribution in [-0.4, -0.2) is 147 Å². The summed E-state index contributed by atoms with van der Waals surface area (Å²) in [6, 6.07) is 1.51. The number of methoxy groups -OCH3 is 1. The number of ketones is 1. The van der Waals surface area contributed by atoms with E-state index in [1.807, 2.05) is 0 Å². The minimum atomic E-state index is -3.30. The summed E-state index contributed by atoms with van der Waals surface area (Å²) in [5.74, 6) is -0.0816. The first-order valence-electron chi connectivity index (χ1n) is 36.3. The average molecular weight is 1770 g/mol. The smallest absolute Gasteiger partial charge is 0.331 e. The lowest BCUT2D eigenvalue weighted by Gasteiger charge is -2.47. The van der Waals surface area contributed by atoms with E-state index in [0.29, 0.717) is 19.6 Å². The molecule has 0 aliphatic heterocycles. The lowest BCUT2D eigenvalue weighted by atomic mass is 10.1. The molecule has 0 rings (SSSR count). The molecule has 0 saturated heterocycles. The predicted molar refractivity (Wildman–Crippen MR) is 530 cm³/mol. The largest absolute Gasteiger partial charge is 0.469 e. The van der Waals surface area contributed by atoms with Crippen molar-refractivity contribution in [2.75, 3.05) is 33.5 Å². The number of rotatable bonds is 56. The van der Waals surface area contributed by atoms with Crippen molar-refractivity contribution in [2.45, 2.75) is 495 Å². The van der Waals surface area contributed by atoms with Crippen LogP contribution in [0.25, 0.3) is 0 Å². The van der Waals surface area contributed by atoms with E-state index >= 15 is 0 Å². The van der Waals surface area contributed by atoms with E-state index in [0.717, 1.165) is 83.1 Å². The number of unbranched alkanes of at least 4 members (excludes halogenated alkanes) is 16. The molecule has 0 aliphatic carbocycles. The maximum atomic E-state index is 13.7. The molecular weight excluding hydrogens is 1550 g/mol. The van der Waals surface area contributed by atoms with Gasteiger partial charge in [-0.25, -0.2) is 0 Å². The van der Waals surface area contributed by atoms with Gasteiger partial charge in [-0.1, -0.05) is 270 Å². The highest BCUT2D eigenvalue weighted by atomic mass is 28.5. The molecule has 0 amide bonds. The molecule has 0 radical (unpaired) electrons. The van der Waals surface area contributed by atoms with Crippen LogP contribution in [0.1, 0.15) is 315 Å². The van der Waals surface area contributed by atoms with E-state index < -0.39 is 107 Å². The normalized spacial score (nSPS) is 14.1. The first-order valence-corrected chi connectivity index (χ1v) is 71.0. The third-order valence-corrected chi connectivity index (χ3v) is 60.1. The standard InChI is InChI=1S/C32H76O8Si6.C32H76O7Si6.17CH4/c1-16-18-20-21-22-23-24-27-31(32(33)34-3)46(15,39-44(12,13)37-42(7,8)9)40-45(14,30-26-29-35-28-25-19-17-2)38-43(10,11)36-41(4,5)6;1-16-18-20-21-22-23-24-27-32(31(3)33)45(15,38-43(12,13)36-41(7,8)9)39-44(14,30-26-29-34-28-25-19-17-2)37-42(10,11)35-40(4,5)6;;;;;;;;;;;;;;;;;/h31H,16-30H2,1-15H3;32H,16-30H2,1-15H3;17*1H4. The van der Waals surface area contributed by atoms with Gasteiger partial charge in [0.2, 0.25) is 0 Å². The van der Waals surface area contributed by atoms with Crippen molar-refractivity contribution >= 4 is 114 Å². The summed E-state index contributed by atoms with van der Waals surface area (Å²) in [7, 11) is -28.8. The van der Waals surface area contributed by atoms with E-state index in [1.165, 1.54) is 97.0 Å². The van der Waals surface area contributed by atoms with Gasteiger partial charge in [-0.15, -0.1) is 0 Å². The molecule has 0 aromatic heterocycles. The average Bonchev–Trinajstić information content (AvgIpc) is 0.782. The number of carbonyl (C=O) groups excluding carboxylic acids is 2. The van der Waals surface area contributed by atoms with Crippen LogP contribution >= 0.6 is 0 Å². The second-order valence-corrected chi connectivity index (χ2v) is 79.5. The summed E-state index contributed by atoms with van der Waals surface area (Å²) in [5, 5.41) is 0. The molecule has 0 N–H and O–H groups in total. The molecule has 0 saturated carbocycles. The highest BCUT2D eigenvalue weighted by Crippen LogP contribution is 2.41. The number of hydrogen-bond donors (Lipinski definition) is 0. The van der Waals surface area contributed by atoms with Crippen LogP contribution in [0.2, 0.25) is 180 Å². The fourth-order valence-electron chi connectivity index (χ4n) is 12.8. The molecule has 0 fully saturated rings. The Labute approximate surface area is 702 Å². The monoisotopic (exact) mass is 1770 g/mol.